The van der Waals surface area contributed by atoms with Crippen LogP contribution in [0.3, 0.4) is 0 Å². The number of hydrogen-bond acceptors (Lipinski definition) is 4. The lowest BCUT2D eigenvalue weighted by Gasteiger charge is -2.29. The third-order valence-corrected chi connectivity index (χ3v) is 6.52. The fraction of sp³-hybridized carbons (Fsp3) is 0.714. The molecule has 1 unspecified atom stereocenters. The standard InChI is InChI=1S/C14H27O3PS/c1-8-9-19-14(10-11(2)3)18(15,16-12(4)5)17-13(6)7/h8,12-14H,1-2,9-10H2,3-7H3. The fourth-order valence-corrected chi connectivity index (χ4v) is 5.57. The van der Waals surface area contributed by atoms with Gasteiger partial charge in [-0.2, -0.15) is 0 Å². The highest BCUT2D eigenvalue weighted by atomic mass is 32.2. The molecule has 0 aromatic carbocycles. The Kier molecular flexibility index (Phi) is 9.01. The van der Waals surface area contributed by atoms with Crippen LogP contribution in [0.15, 0.2) is 24.8 Å². The molecule has 0 fully saturated rings. The zero-order valence-electron chi connectivity index (χ0n) is 12.7. The SMILES string of the molecule is C=CCSC(CC(=C)C)P(=O)(OC(C)C)OC(C)C. The van der Waals surface area contributed by atoms with Gasteiger partial charge in [0.2, 0.25) is 0 Å². The number of allylic oxidation sites excluding steroid dienone is 1. The van der Waals surface area contributed by atoms with E-state index in [9.17, 15) is 4.57 Å². The van der Waals surface area contributed by atoms with Crippen molar-refractivity contribution in [3.05, 3.63) is 24.8 Å². The monoisotopic (exact) mass is 306 g/mol. The first-order valence-corrected chi connectivity index (χ1v) is 9.20. The summed E-state index contributed by atoms with van der Waals surface area (Å²) in [5.74, 6) is 0.713. The summed E-state index contributed by atoms with van der Waals surface area (Å²) < 4.78 is 24.3. The summed E-state index contributed by atoms with van der Waals surface area (Å²) in [7, 11) is -3.17. The van der Waals surface area contributed by atoms with Crippen molar-refractivity contribution in [2.45, 2.75) is 58.2 Å². The third-order valence-electron chi connectivity index (χ3n) is 2.00. The minimum atomic E-state index is -3.17. The van der Waals surface area contributed by atoms with Gasteiger partial charge in [0.1, 0.15) is 4.99 Å². The molecular weight excluding hydrogens is 279 g/mol. The highest BCUT2D eigenvalue weighted by Gasteiger charge is 2.38. The lowest BCUT2D eigenvalue weighted by Crippen LogP contribution is -2.17. The van der Waals surface area contributed by atoms with E-state index in [1.165, 1.54) is 0 Å². The molecule has 3 nitrogen and oxygen atoms in total. The molecule has 0 saturated carbocycles. The zero-order valence-corrected chi connectivity index (χ0v) is 14.4. The van der Waals surface area contributed by atoms with E-state index < -0.39 is 7.60 Å². The molecule has 0 rings (SSSR count). The molecule has 0 bridgehead atoms. The van der Waals surface area contributed by atoms with Crippen LogP contribution in [0.4, 0.5) is 0 Å². The first kappa shape index (κ1) is 19.0. The Morgan fingerprint density at radius 1 is 1.26 bits per heavy atom. The van der Waals surface area contributed by atoms with Crippen molar-refractivity contribution >= 4 is 19.4 Å². The fourth-order valence-electron chi connectivity index (χ4n) is 1.49. The number of thioether (sulfide) groups is 1. The molecule has 0 spiro atoms. The highest BCUT2D eigenvalue weighted by Crippen LogP contribution is 2.60. The van der Waals surface area contributed by atoms with Crippen molar-refractivity contribution < 1.29 is 13.6 Å². The predicted molar refractivity (Wildman–Crippen MR) is 85.9 cm³/mol. The van der Waals surface area contributed by atoms with Gasteiger partial charge in [-0.3, -0.25) is 4.57 Å². The average molecular weight is 306 g/mol. The summed E-state index contributed by atoms with van der Waals surface area (Å²) >= 11 is 1.55. The van der Waals surface area contributed by atoms with Crippen LogP contribution < -0.4 is 0 Å². The van der Waals surface area contributed by atoms with Crippen LogP contribution in [0.1, 0.15) is 41.0 Å². The van der Waals surface area contributed by atoms with Crippen LogP contribution in [-0.2, 0) is 13.6 Å². The Morgan fingerprint density at radius 2 is 1.74 bits per heavy atom. The van der Waals surface area contributed by atoms with Crippen LogP contribution in [0.2, 0.25) is 0 Å². The molecule has 0 aliphatic carbocycles. The quantitative estimate of drug-likeness (QED) is 0.408. The second-order valence-corrected chi connectivity index (χ2v) is 8.80. The smallest absolute Gasteiger partial charge is 0.305 e. The van der Waals surface area contributed by atoms with Crippen LogP contribution in [0.25, 0.3) is 0 Å². The predicted octanol–water partition coefficient (Wildman–Crippen LogP) is 5.24. The van der Waals surface area contributed by atoms with Gasteiger partial charge in [-0.1, -0.05) is 11.6 Å². The van der Waals surface area contributed by atoms with E-state index in [1.807, 2.05) is 34.6 Å². The van der Waals surface area contributed by atoms with Crippen molar-refractivity contribution in [3.8, 4) is 0 Å². The topological polar surface area (TPSA) is 35.5 Å². The van der Waals surface area contributed by atoms with Crippen LogP contribution in [-0.4, -0.2) is 23.0 Å². The minimum absolute atomic E-state index is 0.137. The summed E-state index contributed by atoms with van der Waals surface area (Å²) in [6.45, 7) is 17.0. The number of rotatable bonds is 10. The molecule has 0 aromatic heterocycles. The Bertz CT molecular complexity index is 326. The molecule has 5 heteroatoms. The Labute approximate surface area is 122 Å². The van der Waals surface area contributed by atoms with E-state index in [4.69, 9.17) is 9.05 Å². The summed E-state index contributed by atoms with van der Waals surface area (Å²) in [6.07, 6.45) is 2.14. The molecule has 19 heavy (non-hydrogen) atoms. The first-order chi connectivity index (χ1) is 8.71. The molecular formula is C14H27O3PS. The highest BCUT2D eigenvalue weighted by molar-refractivity contribution is 8.05. The molecule has 0 aromatic rings. The normalized spacial score (nSPS) is 13.8. The van der Waals surface area contributed by atoms with Crippen LogP contribution >= 0.6 is 19.4 Å². The molecule has 0 radical (unpaired) electrons. The molecule has 112 valence electrons. The average Bonchev–Trinajstić information content (AvgIpc) is 2.20. The van der Waals surface area contributed by atoms with Gasteiger partial charge in [-0.05, 0) is 41.0 Å². The summed E-state index contributed by atoms with van der Waals surface area (Å²) in [6, 6.07) is 0. The molecule has 0 heterocycles. The maximum Gasteiger partial charge on any atom is 0.344 e. The van der Waals surface area contributed by atoms with Gasteiger partial charge in [0.25, 0.3) is 0 Å². The minimum Gasteiger partial charge on any atom is -0.305 e. The van der Waals surface area contributed by atoms with E-state index in [-0.39, 0.29) is 17.2 Å². The van der Waals surface area contributed by atoms with Gasteiger partial charge in [-0.15, -0.1) is 24.9 Å². The van der Waals surface area contributed by atoms with Crippen molar-refractivity contribution in [2.24, 2.45) is 0 Å². The molecule has 0 aliphatic rings. The summed E-state index contributed by atoms with van der Waals surface area (Å²) in [5.41, 5.74) is 0.974. The number of hydrogen-bond donors (Lipinski definition) is 0. The van der Waals surface area contributed by atoms with Crippen molar-refractivity contribution in [1.82, 2.24) is 0 Å². The second kappa shape index (κ2) is 9.02. The van der Waals surface area contributed by atoms with E-state index in [1.54, 1.807) is 17.8 Å². The Hall–Kier alpha value is -0.0200. The Morgan fingerprint density at radius 3 is 2.05 bits per heavy atom. The van der Waals surface area contributed by atoms with E-state index >= 15 is 0 Å². The van der Waals surface area contributed by atoms with Crippen molar-refractivity contribution in [3.63, 3.8) is 0 Å². The molecule has 0 aliphatic heterocycles. The van der Waals surface area contributed by atoms with Gasteiger partial charge >= 0.3 is 7.60 Å². The summed E-state index contributed by atoms with van der Waals surface area (Å²) in [5, 5.41) is 0. The summed E-state index contributed by atoms with van der Waals surface area (Å²) in [4.78, 5) is -0.229. The van der Waals surface area contributed by atoms with Gasteiger partial charge in [0, 0.05) is 5.75 Å². The second-order valence-electron chi connectivity index (χ2n) is 5.09. The molecule has 0 amide bonds. The lowest BCUT2D eigenvalue weighted by molar-refractivity contribution is 0.141. The molecule has 1 atom stereocenters. The Balaban J connectivity index is 5.13. The largest absolute Gasteiger partial charge is 0.344 e. The van der Waals surface area contributed by atoms with E-state index in [0.717, 1.165) is 5.57 Å². The van der Waals surface area contributed by atoms with E-state index in [2.05, 4.69) is 13.2 Å². The molecule has 0 N–H and O–H groups in total. The maximum absolute atomic E-state index is 13.0. The van der Waals surface area contributed by atoms with Gasteiger partial charge < -0.3 is 9.05 Å². The van der Waals surface area contributed by atoms with Crippen LogP contribution in [0.5, 0.6) is 0 Å². The van der Waals surface area contributed by atoms with Gasteiger partial charge in [0.15, 0.2) is 0 Å². The van der Waals surface area contributed by atoms with Crippen molar-refractivity contribution in [1.29, 1.82) is 0 Å². The van der Waals surface area contributed by atoms with Gasteiger partial charge in [-0.25, -0.2) is 0 Å². The van der Waals surface area contributed by atoms with E-state index in [0.29, 0.717) is 12.2 Å². The maximum atomic E-state index is 13.0. The third kappa shape index (κ3) is 7.98. The lowest BCUT2D eigenvalue weighted by atomic mass is 10.3. The first-order valence-electron chi connectivity index (χ1n) is 6.54. The van der Waals surface area contributed by atoms with Crippen molar-refractivity contribution in [2.75, 3.05) is 5.75 Å². The van der Waals surface area contributed by atoms with Gasteiger partial charge in [0.05, 0.1) is 12.2 Å². The zero-order chi connectivity index (χ0) is 15.1. The van der Waals surface area contributed by atoms with Crippen LogP contribution in [0, 0.1) is 0 Å². The molecule has 0 saturated heterocycles.